The molecular weight excluding hydrogens is 198 g/mol. The molecule has 1 aromatic rings. The van der Waals surface area contributed by atoms with Crippen molar-refractivity contribution in [2.75, 3.05) is 0 Å². The summed E-state index contributed by atoms with van der Waals surface area (Å²) in [6.45, 7) is 5.06. The van der Waals surface area contributed by atoms with Crippen LogP contribution in [0.25, 0.3) is 0 Å². The molecule has 0 fully saturated rings. The first-order valence-electron chi connectivity index (χ1n) is 4.97. The third-order valence-corrected chi connectivity index (χ3v) is 2.45. The molecule has 1 aromatic carbocycles. The van der Waals surface area contributed by atoms with E-state index >= 15 is 0 Å². The summed E-state index contributed by atoms with van der Waals surface area (Å²) in [4.78, 5) is 0. The summed E-state index contributed by atoms with van der Waals surface area (Å²) < 4.78 is 26.9. The van der Waals surface area contributed by atoms with Crippen LogP contribution < -0.4 is 0 Å². The summed E-state index contributed by atoms with van der Waals surface area (Å²) in [5.74, 6) is -1.11. The highest BCUT2D eigenvalue weighted by Crippen LogP contribution is 2.32. The summed E-state index contributed by atoms with van der Waals surface area (Å²) >= 11 is 0. The molecule has 0 saturated heterocycles. The number of halogens is 2. The quantitative estimate of drug-likeness (QED) is 0.820. The van der Waals surface area contributed by atoms with Crippen molar-refractivity contribution in [2.24, 2.45) is 0 Å². The van der Waals surface area contributed by atoms with Crippen molar-refractivity contribution < 1.29 is 13.9 Å². The zero-order chi connectivity index (χ0) is 11.6. The van der Waals surface area contributed by atoms with Crippen LogP contribution >= 0.6 is 0 Å². The van der Waals surface area contributed by atoms with Crippen molar-refractivity contribution in [3.8, 4) is 0 Å². The summed E-state index contributed by atoms with van der Waals surface area (Å²) in [6, 6.07) is 3.82. The van der Waals surface area contributed by atoms with E-state index in [2.05, 4.69) is 0 Å². The van der Waals surface area contributed by atoms with Crippen molar-refractivity contribution in [3.63, 3.8) is 0 Å². The van der Waals surface area contributed by atoms with Gasteiger partial charge in [-0.15, -0.1) is 0 Å². The number of aliphatic hydroxyl groups is 1. The fraction of sp³-hybridized carbons (Fsp3) is 0.500. The van der Waals surface area contributed by atoms with Gasteiger partial charge in [-0.05, 0) is 30.9 Å². The van der Waals surface area contributed by atoms with Gasteiger partial charge in [0.1, 0.15) is 11.6 Å². The van der Waals surface area contributed by atoms with Crippen LogP contribution in [0.2, 0.25) is 0 Å². The van der Waals surface area contributed by atoms with E-state index in [1.807, 2.05) is 0 Å². The van der Waals surface area contributed by atoms with Gasteiger partial charge in [-0.3, -0.25) is 0 Å². The van der Waals surface area contributed by atoms with E-state index in [1.165, 1.54) is 18.2 Å². The summed E-state index contributed by atoms with van der Waals surface area (Å²) in [7, 11) is 0. The van der Waals surface area contributed by atoms with Crippen LogP contribution in [0, 0.1) is 11.6 Å². The van der Waals surface area contributed by atoms with E-state index in [9.17, 15) is 13.9 Å². The van der Waals surface area contributed by atoms with Gasteiger partial charge in [-0.2, -0.15) is 0 Å². The molecule has 0 aromatic heterocycles. The molecule has 0 amide bonds. The monoisotopic (exact) mass is 214 g/mol. The Morgan fingerprint density at radius 1 is 1.27 bits per heavy atom. The first-order valence-corrected chi connectivity index (χ1v) is 4.97. The topological polar surface area (TPSA) is 20.2 Å². The smallest absolute Gasteiger partial charge is 0.129 e. The van der Waals surface area contributed by atoms with Gasteiger partial charge in [0, 0.05) is 5.56 Å². The van der Waals surface area contributed by atoms with Crippen LogP contribution in [0.1, 0.15) is 32.8 Å². The lowest BCUT2D eigenvalue weighted by Crippen LogP contribution is -2.25. The minimum Gasteiger partial charge on any atom is -0.393 e. The first-order chi connectivity index (χ1) is 6.84. The number of hydrogen-bond donors (Lipinski definition) is 1. The Morgan fingerprint density at radius 2 is 1.73 bits per heavy atom. The van der Waals surface area contributed by atoms with Crippen LogP contribution in [-0.4, -0.2) is 11.2 Å². The van der Waals surface area contributed by atoms with Gasteiger partial charge in [-0.1, -0.05) is 19.9 Å². The van der Waals surface area contributed by atoms with Crippen LogP contribution in [0.15, 0.2) is 18.2 Å². The molecule has 0 aliphatic carbocycles. The SMILES string of the molecule is CC(O)CC(C)(C)c1c(F)cccc1F. The average molecular weight is 214 g/mol. The third-order valence-electron chi connectivity index (χ3n) is 2.45. The summed E-state index contributed by atoms with van der Waals surface area (Å²) in [6.07, 6.45) is -0.260. The zero-order valence-electron chi connectivity index (χ0n) is 9.22. The molecule has 0 radical (unpaired) electrons. The van der Waals surface area contributed by atoms with Gasteiger partial charge >= 0.3 is 0 Å². The average Bonchev–Trinajstić information content (AvgIpc) is 1.99. The Balaban J connectivity index is 3.14. The highest BCUT2D eigenvalue weighted by Gasteiger charge is 2.28. The van der Waals surface area contributed by atoms with E-state index in [4.69, 9.17) is 0 Å². The number of rotatable bonds is 3. The maximum absolute atomic E-state index is 13.5. The Labute approximate surface area is 88.7 Å². The van der Waals surface area contributed by atoms with Crippen LogP contribution in [-0.2, 0) is 5.41 Å². The van der Waals surface area contributed by atoms with E-state index in [-0.39, 0.29) is 5.56 Å². The normalized spacial score (nSPS) is 14.0. The molecule has 1 rings (SSSR count). The zero-order valence-corrected chi connectivity index (χ0v) is 9.22. The molecule has 0 aliphatic rings. The number of benzene rings is 1. The van der Waals surface area contributed by atoms with Crippen molar-refractivity contribution in [1.29, 1.82) is 0 Å². The highest BCUT2D eigenvalue weighted by molar-refractivity contribution is 5.27. The van der Waals surface area contributed by atoms with Gasteiger partial charge in [0.05, 0.1) is 6.10 Å². The molecule has 3 heteroatoms. The van der Waals surface area contributed by atoms with Gasteiger partial charge in [-0.25, -0.2) is 8.78 Å². The molecule has 1 N–H and O–H groups in total. The molecule has 1 unspecified atom stereocenters. The minimum absolute atomic E-state index is 0.0471. The van der Waals surface area contributed by atoms with E-state index in [1.54, 1.807) is 20.8 Å². The van der Waals surface area contributed by atoms with Crippen molar-refractivity contribution in [3.05, 3.63) is 35.4 Å². The maximum Gasteiger partial charge on any atom is 0.129 e. The molecule has 0 aliphatic heterocycles. The molecule has 0 bridgehead atoms. The van der Waals surface area contributed by atoms with Crippen LogP contribution in [0.3, 0.4) is 0 Å². The fourth-order valence-electron chi connectivity index (χ4n) is 1.98. The van der Waals surface area contributed by atoms with Crippen molar-refractivity contribution in [2.45, 2.75) is 38.7 Å². The predicted molar refractivity (Wildman–Crippen MR) is 55.7 cm³/mol. The number of hydrogen-bond acceptors (Lipinski definition) is 1. The highest BCUT2D eigenvalue weighted by atomic mass is 19.1. The van der Waals surface area contributed by atoms with Gasteiger partial charge in [0.2, 0.25) is 0 Å². The number of aliphatic hydroxyl groups excluding tert-OH is 1. The predicted octanol–water partition coefficient (Wildman–Crippen LogP) is 3.01. The van der Waals surface area contributed by atoms with Crippen LogP contribution in [0.5, 0.6) is 0 Å². The minimum atomic E-state index is -0.705. The molecule has 1 nitrogen and oxygen atoms in total. The molecule has 1 atom stereocenters. The standard InChI is InChI=1S/C12H16F2O/c1-8(15)7-12(2,3)11-9(13)5-4-6-10(11)14/h4-6,8,15H,7H2,1-3H3. The van der Waals surface area contributed by atoms with E-state index in [0.717, 1.165) is 0 Å². The lowest BCUT2D eigenvalue weighted by molar-refractivity contribution is 0.154. The van der Waals surface area contributed by atoms with Gasteiger partial charge in [0.25, 0.3) is 0 Å². The van der Waals surface area contributed by atoms with E-state index < -0.39 is 23.2 Å². The fourth-order valence-corrected chi connectivity index (χ4v) is 1.98. The Hall–Kier alpha value is -0.960. The first kappa shape index (κ1) is 12.1. The lowest BCUT2D eigenvalue weighted by atomic mass is 9.79. The second-order valence-corrected chi connectivity index (χ2v) is 4.53. The largest absolute Gasteiger partial charge is 0.393 e. The Bertz CT molecular complexity index is 325. The van der Waals surface area contributed by atoms with Gasteiger partial charge < -0.3 is 5.11 Å². The Kier molecular flexibility index (Phi) is 3.45. The Morgan fingerprint density at radius 3 is 2.13 bits per heavy atom. The maximum atomic E-state index is 13.5. The van der Waals surface area contributed by atoms with Crippen molar-refractivity contribution >= 4 is 0 Å². The van der Waals surface area contributed by atoms with E-state index in [0.29, 0.717) is 6.42 Å². The molecular formula is C12H16F2O. The van der Waals surface area contributed by atoms with Crippen molar-refractivity contribution in [1.82, 2.24) is 0 Å². The molecule has 15 heavy (non-hydrogen) atoms. The second kappa shape index (κ2) is 4.27. The molecule has 0 heterocycles. The van der Waals surface area contributed by atoms with Gasteiger partial charge in [0.15, 0.2) is 0 Å². The van der Waals surface area contributed by atoms with Crippen LogP contribution in [0.4, 0.5) is 8.78 Å². The second-order valence-electron chi connectivity index (χ2n) is 4.53. The lowest BCUT2D eigenvalue weighted by Gasteiger charge is -2.27. The summed E-state index contributed by atoms with van der Waals surface area (Å²) in [5, 5.41) is 9.29. The third kappa shape index (κ3) is 2.75. The molecule has 0 spiro atoms. The molecule has 84 valence electrons. The molecule has 0 saturated carbocycles. The summed E-state index contributed by atoms with van der Waals surface area (Å²) in [5.41, 5.74) is -0.658.